The Morgan fingerprint density at radius 1 is 0.830 bits per heavy atom. The van der Waals surface area contributed by atoms with E-state index in [2.05, 4.69) is 24.8 Å². The highest BCUT2D eigenvalue weighted by atomic mass is 19.4. The van der Waals surface area contributed by atoms with Crippen LogP contribution in [0.4, 0.5) is 37.8 Å². The summed E-state index contributed by atoms with van der Waals surface area (Å²) >= 11 is 0. The highest BCUT2D eigenvalue weighted by Crippen LogP contribution is 2.41. The van der Waals surface area contributed by atoms with Crippen LogP contribution in [-0.4, -0.2) is 63.0 Å². The average Bonchev–Trinajstić information content (AvgIpc) is 3.03. The number of nitrogens with zero attached hydrogens (tertiary/aromatic N) is 7. The van der Waals surface area contributed by atoms with Gasteiger partial charge in [0.05, 0.1) is 28.2 Å². The van der Waals surface area contributed by atoms with Crippen LogP contribution in [0.3, 0.4) is 0 Å². The monoisotopic (exact) mass is 657 g/mol. The Hall–Kier alpha value is -4.30. The van der Waals surface area contributed by atoms with E-state index in [0.717, 1.165) is 23.4 Å². The highest BCUT2D eigenvalue weighted by molar-refractivity contribution is 5.66. The maximum atomic E-state index is 13.8. The molecular formula is C33H33F6N7O. The van der Waals surface area contributed by atoms with E-state index in [9.17, 15) is 26.3 Å². The third kappa shape index (κ3) is 6.89. The van der Waals surface area contributed by atoms with Crippen molar-refractivity contribution in [1.29, 1.82) is 0 Å². The molecule has 0 saturated carbocycles. The summed E-state index contributed by atoms with van der Waals surface area (Å²) in [5.41, 5.74) is 1.29. The van der Waals surface area contributed by atoms with Gasteiger partial charge in [-0.1, -0.05) is 24.3 Å². The van der Waals surface area contributed by atoms with Gasteiger partial charge in [0.2, 0.25) is 5.88 Å². The van der Waals surface area contributed by atoms with Crippen molar-refractivity contribution in [2.75, 3.05) is 32.1 Å². The van der Waals surface area contributed by atoms with Gasteiger partial charge in [0.25, 0.3) is 0 Å². The summed E-state index contributed by atoms with van der Waals surface area (Å²) in [5, 5.41) is 0. The zero-order valence-corrected chi connectivity index (χ0v) is 26.0. The minimum absolute atomic E-state index is 0.00258. The summed E-state index contributed by atoms with van der Waals surface area (Å²) in [6, 6.07) is 10.4. The van der Waals surface area contributed by atoms with Crippen molar-refractivity contribution in [3.8, 4) is 11.6 Å². The SMILES string of the molecule is CC(Cc1nc2c(c(Oc3ccccc3C(F)(F)F)n1)CCN(C)C2)N1CCc2c(ncnc2N(C)c2ccccc2C(F)(F)F)C1. The summed E-state index contributed by atoms with van der Waals surface area (Å²) < 4.78 is 88.4. The number of alkyl halides is 6. The number of hydrogen-bond acceptors (Lipinski definition) is 8. The Labute approximate surface area is 268 Å². The summed E-state index contributed by atoms with van der Waals surface area (Å²) in [6.45, 7) is 4.22. The molecule has 2 aromatic heterocycles. The molecule has 6 rings (SSSR count). The summed E-state index contributed by atoms with van der Waals surface area (Å²) in [4.78, 5) is 24.0. The van der Waals surface area contributed by atoms with Gasteiger partial charge in [-0.15, -0.1) is 0 Å². The Bertz CT molecular complexity index is 1760. The second-order valence-corrected chi connectivity index (χ2v) is 11.9. The van der Waals surface area contributed by atoms with Crippen molar-refractivity contribution in [2.45, 2.75) is 57.7 Å². The van der Waals surface area contributed by atoms with Gasteiger partial charge in [0, 0.05) is 56.8 Å². The van der Waals surface area contributed by atoms with Crippen LogP contribution in [0.1, 0.15) is 46.4 Å². The lowest BCUT2D eigenvalue weighted by molar-refractivity contribution is -0.139. The van der Waals surface area contributed by atoms with E-state index in [-0.39, 0.29) is 23.4 Å². The molecule has 4 aromatic rings. The Morgan fingerprint density at radius 3 is 2.26 bits per heavy atom. The fourth-order valence-electron chi connectivity index (χ4n) is 6.18. The third-order valence-electron chi connectivity index (χ3n) is 8.67. The molecule has 0 N–H and O–H groups in total. The summed E-state index contributed by atoms with van der Waals surface area (Å²) in [6.07, 6.45) is -6.32. The molecule has 47 heavy (non-hydrogen) atoms. The molecule has 8 nitrogen and oxygen atoms in total. The quantitative estimate of drug-likeness (QED) is 0.200. The molecule has 1 unspecified atom stereocenters. The number of ether oxygens (including phenoxy) is 1. The van der Waals surface area contributed by atoms with Gasteiger partial charge in [-0.3, -0.25) is 4.90 Å². The van der Waals surface area contributed by atoms with Crippen LogP contribution in [0, 0.1) is 0 Å². The highest BCUT2D eigenvalue weighted by Gasteiger charge is 2.36. The van der Waals surface area contributed by atoms with Crippen LogP contribution in [0.5, 0.6) is 11.6 Å². The molecular weight excluding hydrogens is 624 g/mol. The first-order valence-electron chi connectivity index (χ1n) is 15.2. The van der Waals surface area contributed by atoms with Crippen molar-refractivity contribution < 1.29 is 31.1 Å². The van der Waals surface area contributed by atoms with Crippen LogP contribution in [-0.2, 0) is 44.7 Å². The van der Waals surface area contributed by atoms with E-state index in [0.29, 0.717) is 68.3 Å². The van der Waals surface area contributed by atoms with Crippen molar-refractivity contribution in [2.24, 2.45) is 0 Å². The van der Waals surface area contributed by atoms with Gasteiger partial charge < -0.3 is 14.5 Å². The van der Waals surface area contributed by atoms with Crippen molar-refractivity contribution in [3.63, 3.8) is 0 Å². The number of halogens is 6. The minimum atomic E-state index is -4.59. The molecule has 0 bridgehead atoms. The molecule has 4 heterocycles. The first-order valence-corrected chi connectivity index (χ1v) is 15.2. The number of aromatic nitrogens is 4. The molecule has 2 aromatic carbocycles. The molecule has 0 fully saturated rings. The predicted octanol–water partition coefficient (Wildman–Crippen LogP) is 6.84. The fraction of sp³-hybridized carbons (Fsp3) is 0.394. The molecule has 1 atom stereocenters. The molecule has 0 aliphatic carbocycles. The summed E-state index contributed by atoms with van der Waals surface area (Å²) in [7, 11) is 3.52. The zero-order chi connectivity index (χ0) is 33.5. The number of anilines is 2. The lowest BCUT2D eigenvalue weighted by Crippen LogP contribution is -2.40. The van der Waals surface area contributed by atoms with Gasteiger partial charge in [-0.25, -0.2) is 15.0 Å². The van der Waals surface area contributed by atoms with Gasteiger partial charge >= 0.3 is 12.4 Å². The maximum Gasteiger partial charge on any atom is 0.419 e. The molecule has 14 heteroatoms. The van der Waals surface area contributed by atoms with Crippen molar-refractivity contribution in [3.05, 3.63) is 94.3 Å². The van der Waals surface area contributed by atoms with Crippen LogP contribution in [0.25, 0.3) is 0 Å². The Kier molecular flexibility index (Phi) is 8.83. The van der Waals surface area contributed by atoms with Crippen LogP contribution in [0.2, 0.25) is 0 Å². The van der Waals surface area contributed by atoms with E-state index in [1.165, 1.54) is 41.6 Å². The smallest absolute Gasteiger partial charge is 0.419 e. The van der Waals surface area contributed by atoms with Crippen molar-refractivity contribution >= 4 is 11.5 Å². The number of likely N-dealkylation sites (N-methyl/N-ethyl adjacent to an activating group) is 1. The summed E-state index contributed by atoms with van der Waals surface area (Å²) in [5.74, 6) is 0.682. The largest absolute Gasteiger partial charge is 0.438 e. The van der Waals surface area contributed by atoms with Crippen LogP contribution in [0.15, 0.2) is 54.9 Å². The number of rotatable bonds is 7. The molecule has 2 aliphatic heterocycles. The lowest BCUT2D eigenvalue weighted by atomic mass is 10.0. The Balaban J connectivity index is 1.24. The Morgan fingerprint density at radius 2 is 1.51 bits per heavy atom. The standard InChI is InChI=1S/C33H33F6N7O/c1-20(46-15-13-21-25(18-46)40-19-41-30(21)45(3)27-10-6-4-8-23(27)32(34,35)36)16-29-42-26-17-44(2)14-12-22(26)31(43-29)47-28-11-7-5-9-24(28)33(37,38)39/h4-11,19-20H,12-18H2,1-3H3. The molecule has 0 amide bonds. The molecule has 0 radical (unpaired) electrons. The van der Waals surface area contributed by atoms with Gasteiger partial charge in [-0.2, -0.15) is 31.3 Å². The van der Waals surface area contributed by atoms with Crippen LogP contribution >= 0.6 is 0 Å². The van der Waals surface area contributed by atoms with Gasteiger partial charge in [-0.05, 0) is 51.1 Å². The van der Waals surface area contributed by atoms with E-state index in [1.807, 2.05) is 14.0 Å². The van der Waals surface area contributed by atoms with E-state index in [1.54, 1.807) is 13.1 Å². The maximum absolute atomic E-state index is 13.8. The molecule has 0 saturated heterocycles. The van der Waals surface area contributed by atoms with Crippen molar-refractivity contribution in [1.82, 2.24) is 29.7 Å². The molecule has 0 spiro atoms. The number of benzene rings is 2. The van der Waals surface area contributed by atoms with E-state index < -0.39 is 23.5 Å². The first kappa shape index (κ1) is 32.6. The average molecular weight is 658 g/mol. The third-order valence-corrected chi connectivity index (χ3v) is 8.67. The van der Waals surface area contributed by atoms with Gasteiger partial charge in [0.15, 0.2) is 0 Å². The van der Waals surface area contributed by atoms with E-state index in [4.69, 9.17) is 9.72 Å². The van der Waals surface area contributed by atoms with Gasteiger partial charge in [0.1, 0.15) is 23.7 Å². The number of para-hydroxylation sites is 2. The van der Waals surface area contributed by atoms with E-state index >= 15 is 0 Å². The second-order valence-electron chi connectivity index (χ2n) is 11.9. The predicted molar refractivity (Wildman–Crippen MR) is 162 cm³/mol. The second kappa shape index (κ2) is 12.7. The first-order chi connectivity index (χ1) is 22.3. The normalized spacial score (nSPS) is 16.4. The fourth-order valence-corrected chi connectivity index (χ4v) is 6.18. The number of fused-ring (bicyclic) bond motifs is 2. The number of hydrogen-bond donors (Lipinski definition) is 0. The minimum Gasteiger partial charge on any atom is -0.438 e. The molecule has 2 aliphatic rings. The zero-order valence-electron chi connectivity index (χ0n) is 26.0. The van der Waals surface area contributed by atoms with Crippen LogP contribution < -0.4 is 9.64 Å². The lowest BCUT2D eigenvalue weighted by Gasteiger charge is -2.35. The molecule has 248 valence electrons. The topological polar surface area (TPSA) is 70.5 Å².